The van der Waals surface area contributed by atoms with Crippen molar-refractivity contribution in [2.75, 3.05) is 25.5 Å². The lowest BCUT2D eigenvalue weighted by atomic mass is 10.2. The Hall–Kier alpha value is -1.07. The standard InChI is InChI=1S/C12H17ClN4O/c1-18-10-11(13)14-7-15-12(10)16-8-4-5-17(6-8)9-2-3-9/h7-9H,2-6H2,1H3,(H,14,15,16). The third kappa shape index (κ3) is 2.37. The molecule has 1 saturated carbocycles. The Kier molecular flexibility index (Phi) is 3.26. The van der Waals surface area contributed by atoms with E-state index in [2.05, 4.69) is 20.2 Å². The molecule has 5 nitrogen and oxygen atoms in total. The minimum Gasteiger partial charge on any atom is -0.490 e. The van der Waals surface area contributed by atoms with Crippen LogP contribution >= 0.6 is 11.6 Å². The van der Waals surface area contributed by atoms with Crippen molar-refractivity contribution in [3.8, 4) is 5.75 Å². The number of halogens is 1. The molecule has 2 heterocycles. The summed E-state index contributed by atoms with van der Waals surface area (Å²) >= 11 is 5.98. The first-order chi connectivity index (χ1) is 8.78. The molecule has 0 bridgehead atoms. The number of methoxy groups -OCH3 is 1. The monoisotopic (exact) mass is 268 g/mol. The summed E-state index contributed by atoms with van der Waals surface area (Å²) in [4.78, 5) is 10.7. The lowest BCUT2D eigenvalue weighted by molar-refractivity contribution is 0.326. The summed E-state index contributed by atoms with van der Waals surface area (Å²) in [5.74, 6) is 1.23. The highest BCUT2D eigenvalue weighted by Gasteiger charge is 2.34. The molecule has 3 rings (SSSR count). The molecule has 6 heteroatoms. The van der Waals surface area contributed by atoms with E-state index in [-0.39, 0.29) is 0 Å². The quantitative estimate of drug-likeness (QED) is 0.844. The van der Waals surface area contributed by atoms with E-state index in [4.69, 9.17) is 16.3 Å². The topological polar surface area (TPSA) is 50.3 Å². The average Bonchev–Trinajstić information content (AvgIpc) is 3.11. The van der Waals surface area contributed by atoms with Crippen LogP contribution in [0.5, 0.6) is 5.75 Å². The van der Waals surface area contributed by atoms with E-state index < -0.39 is 0 Å². The first-order valence-corrected chi connectivity index (χ1v) is 6.71. The van der Waals surface area contributed by atoms with Gasteiger partial charge in [0.15, 0.2) is 16.7 Å². The van der Waals surface area contributed by atoms with Crippen LogP contribution in [0.1, 0.15) is 19.3 Å². The van der Waals surface area contributed by atoms with Gasteiger partial charge in [0.25, 0.3) is 0 Å². The highest BCUT2D eigenvalue weighted by atomic mass is 35.5. The van der Waals surface area contributed by atoms with Crippen LogP contribution in [0.4, 0.5) is 5.82 Å². The predicted molar refractivity (Wildman–Crippen MR) is 70.2 cm³/mol. The maximum Gasteiger partial charge on any atom is 0.198 e. The van der Waals surface area contributed by atoms with Crippen molar-refractivity contribution >= 4 is 17.4 Å². The molecule has 0 aromatic carbocycles. The van der Waals surface area contributed by atoms with E-state index in [1.54, 1.807) is 7.11 Å². The fourth-order valence-corrected chi connectivity index (χ4v) is 2.72. The Balaban J connectivity index is 1.67. The van der Waals surface area contributed by atoms with Crippen LogP contribution in [0.3, 0.4) is 0 Å². The van der Waals surface area contributed by atoms with Crippen LogP contribution in [-0.4, -0.2) is 47.2 Å². The van der Waals surface area contributed by atoms with Crippen molar-refractivity contribution in [1.29, 1.82) is 0 Å². The third-order valence-electron chi connectivity index (χ3n) is 3.59. The second-order valence-electron chi connectivity index (χ2n) is 4.90. The lowest BCUT2D eigenvalue weighted by Gasteiger charge is -2.17. The molecule has 0 amide bonds. The van der Waals surface area contributed by atoms with Gasteiger partial charge in [-0.3, -0.25) is 4.90 Å². The highest BCUT2D eigenvalue weighted by molar-refractivity contribution is 6.31. The number of rotatable bonds is 4. The van der Waals surface area contributed by atoms with Crippen molar-refractivity contribution < 1.29 is 4.74 Å². The van der Waals surface area contributed by atoms with Crippen LogP contribution in [0.15, 0.2) is 6.33 Å². The first-order valence-electron chi connectivity index (χ1n) is 6.33. The number of aromatic nitrogens is 2. The van der Waals surface area contributed by atoms with Gasteiger partial charge < -0.3 is 10.1 Å². The number of likely N-dealkylation sites (tertiary alicyclic amines) is 1. The fraction of sp³-hybridized carbons (Fsp3) is 0.667. The summed E-state index contributed by atoms with van der Waals surface area (Å²) in [6.45, 7) is 2.25. The number of hydrogen-bond acceptors (Lipinski definition) is 5. The Morgan fingerprint density at radius 3 is 2.94 bits per heavy atom. The maximum absolute atomic E-state index is 5.98. The van der Waals surface area contributed by atoms with E-state index in [0.29, 0.717) is 22.8 Å². The van der Waals surface area contributed by atoms with Crippen LogP contribution in [-0.2, 0) is 0 Å². The van der Waals surface area contributed by atoms with Crippen molar-refractivity contribution in [3.63, 3.8) is 0 Å². The van der Waals surface area contributed by atoms with Crippen LogP contribution < -0.4 is 10.1 Å². The van der Waals surface area contributed by atoms with E-state index in [1.165, 1.54) is 25.7 Å². The molecule has 0 spiro atoms. The molecule has 2 aliphatic rings. The molecular weight excluding hydrogens is 252 g/mol. The third-order valence-corrected chi connectivity index (χ3v) is 3.86. The lowest BCUT2D eigenvalue weighted by Crippen LogP contribution is -2.28. The molecule has 1 aliphatic carbocycles. The molecule has 1 aliphatic heterocycles. The van der Waals surface area contributed by atoms with Gasteiger partial charge in [0, 0.05) is 25.2 Å². The number of ether oxygens (including phenoxy) is 1. The minimum absolute atomic E-state index is 0.354. The Labute approximate surface area is 112 Å². The van der Waals surface area contributed by atoms with E-state index in [9.17, 15) is 0 Å². The highest BCUT2D eigenvalue weighted by Crippen LogP contribution is 2.33. The van der Waals surface area contributed by atoms with Crippen LogP contribution in [0.2, 0.25) is 5.15 Å². The number of anilines is 1. The zero-order valence-corrected chi connectivity index (χ0v) is 11.2. The van der Waals surface area contributed by atoms with E-state index >= 15 is 0 Å². The van der Waals surface area contributed by atoms with Gasteiger partial charge in [0.1, 0.15) is 6.33 Å². The van der Waals surface area contributed by atoms with Gasteiger partial charge in [-0.25, -0.2) is 9.97 Å². The molecule has 98 valence electrons. The van der Waals surface area contributed by atoms with Gasteiger partial charge in [-0.15, -0.1) is 0 Å². The largest absolute Gasteiger partial charge is 0.490 e. The SMILES string of the molecule is COc1c(Cl)ncnc1NC1CCN(C2CC2)C1. The summed E-state index contributed by atoms with van der Waals surface area (Å²) in [6, 6.07) is 1.25. The fourth-order valence-electron chi connectivity index (χ4n) is 2.51. The molecule has 1 saturated heterocycles. The van der Waals surface area contributed by atoms with Gasteiger partial charge in [-0.2, -0.15) is 0 Å². The maximum atomic E-state index is 5.98. The second-order valence-corrected chi connectivity index (χ2v) is 5.26. The van der Waals surface area contributed by atoms with Crippen LogP contribution in [0, 0.1) is 0 Å². The first kappa shape index (κ1) is 12.0. The number of nitrogens with one attached hydrogen (secondary N) is 1. The van der Waals surface area contributed by atoms with Crippen molar-refractivity contribution in [1.82, 2.24) is 14.9 Å². The molecule has 18 heavy (non-hydrogen) atoms. The summed E-state index contributed by atoms with van der Waals surface area (Å²) in [5, 5.41) is 3.77. The van der Waals surface area contributed by atoms with Gasteiger partial charge in [-0.1, -0.05) is 11.6 Å². The number of nitrogens with zero attached hydrogens (tertiary/aromatic N) is 3. The van der Waals surface area contributed by atoms with Gasteiger partial charge in [-0.05, 0) is 19.3 Å². The van der Waals surface area contributed by atoms with Crippen molar-refractivity contribution in [2.24, 2.45) is 0 Å². The molecule has 2 fully saturated rings. The zero-order chi connectivity index (χ0) is 12.5. The molecule has 1 atom stereocenters. The summed E-state index contributed by atoms with van der Waals surface area (Å²) in [6.07, 6.45) is 5.31. The molecule has 0 radical (unpaired) electrons. The van der Waals surface area contributed by atoms with E-state index in [1.807, 2.05) is 0 Å². The molecule has 1 N–H and O–H groups in total. The summed E-state index contributed by atoms with van der Waals surface area (Å²) < 4.78 is 5.24. The molecule has 1 aromatic rings. The molecule has 1 unspecified atom stereocenters. The molecule has 1 aromatic heterocycles. The van der Waals surface area contributed by atoms with Gasteiger partial charge in [0.05, 0.1) is 7.11 Å². The number of hydrogen-bond donors (Lipinski definition) is 1. The van der Waals surface area contributed by atoms with E-state index in [0.717, 1.165) is 19.0 Å². The summed E-state index contributed by atoms with van der Waals surface area (Å²) in [7, 11) is 1.58. The predicted octanol–water partition coefficient (Wildman–Crippen LogP) is 1.79. The Morgan fingerprint density at radius 2 is 2.22 bits per heavy atom. The molecular formula is C12H17ClN4O. The summed E-state index contributed by atoms with van der Waals surface area (Å²) in [5.41, 5.74) is 0. The normalized spacial score (nSPS) is 24.2. The minimum atomic E-state index is 0.354. The Bertz CT molecular complexity index is 438. The Morgan fingerprint density at radius 1 is 1.39 bits per heavy atom. The van der Waals surface area contributed by atoms with Gasteiger partial charge in [0.2, 0.25) is 0 Å². The van der Waals surface area contributed by atoms with Crippen LogP contribution in [0.25, 0.3) is 0 Å². The smallest absolute Gasteiger partial charge is 0.198 e. The van der Waals surface area contributed by atoms with Crippen molar-refractivity contribution in [2.45, 2.75) is 31.3 Å². The average molecular weight is 269 g/mol. The zero-order valence-electron chi connectivity index (χ0n) is 10.4. The van der Waals surface area contributed by atoms with Crippen molar-refractivity contribution in [3.05, 3.63) is 11.5 Å². The van der Waals surface area contributed by atoms with Gasteiger partial charge >= 0.3 is 0 Å². The second kappa shape index (κ2) is 4.90.